The number of Topliss-reactive ketones (excluding diaryl/α,β-unsaturated/α-hetero) is 1. The van der Waals surface area contributed by atoms with Gasteiger partial charge in [-0.1, -0.05) is 55.8 Å². The van der Waals surface area contributed by atoms with E-state index in [1.165, 1.54) is 11.1 Å². The van der Waals surface area contributed by atoms with Crippen LogP contribution in [0.15, 0.2) is 42.0 Å². The fourth-order valence-corrected chi connectivity index (χ4v) is 5.74. The first kappa shape index (κ1) is 19.8. The molecule has 152 valence electrons. The lowest BCUT2D eigenvalue weighted by Gasteiger charge is -2.43. The molecule has 0 amide bonds. The Labute approximate surface area is 169 Å². The van der Waals surface area contributed by atoms with E-state index in [9.17, 15) is 4.79 Å². The van der Waals surface area contributed by atoms with E-state index in [1.54, 1.807) is 0 Å². The highest BCUT2D eigenvalue weighted by Crippen LogP contribution is 2.53. The van der Waals surface area contributed by atoms with Gasteiger partial charge in [0.05, 0.1) is 24.4 Å². The third kappa shape index (κ3) is 3.59. The summed E-state index contributed by atoms with van der Waals surface area (Å²) in [4.78, 5) is 13.0. The van der Waals surface area contributed by atoms with Gasteiger partial charge in [0.2, 0.25) is 0 Å². The Kier molecular flexibility index (Phi) is 5.50. The Balaban J connectivity index is 1.67. The fourth-order valence-electron chi connectivity index (χ4n) is 5.74. The molecule has 2 heterocycles. The second kappa shape index (κ2) is 7.76. The number of carbonyl (C=O) groups excluding carboxylic acids is 1. The number of hydrogen-bond donors (Lipinski definition) is 0. The van der Waals surface area contributed by atoms with Crippen LogP contribution in [0, 0.1) is 23.7 Å². The van der Waals surface area contributed by atoms with Gasteiger partial charge in [0.1, 0.15) is 5.78 Å². The number of rotatable bonds is 4. The summed E-state index contributed by atoms with van der Waals surface area (Å²) in [6.07, 6.45) is 5.73. The second-order valence-electron chi connectivity index (χ2n) is 9.66. The number of benzene rings is 1. The lowest BCUT2D eigenvalue weighted by atomic mass is 9.63. The van der Waals surface area contributed by atoms with Crippen molar-refractivity contribution in [2.75, 3.05) is 0 Å². The van der Waals surface area contributed by atoms with E-state index in [4.69, 9.17) is 9.47 Å². The predicted molar refractivity (Wildman–Crippen MR) is 111 cm³/mol. The summed E-state index contributed by atoms with van der Waals surface area (Å²) in [5.41, 5.74) is 2.08. The zero-order chi connectivity index (χ0) is 19.9. The molecule has 0 N–H and O–H groups in total. The Bertz CT molecular complexity index is 737. The first-order valence-corrected chi connectivity index (χ1v) is 10.9. The largest absolute Gasteiger partial charge is 0.371 e. The molecule has 3 heteroatoms. The molecule has 1 aromatic rings. The second-order valence-corrected chi connectivity index (χ2v) is 9.66. The standard InChI is InChI=1S/C25H34O3/c1-16(2)19-10-11-20(26)23-21-14-17(3)12-13-25(4,24(28-21)22(19)23)27-15-18-8-6-5-7-9-18/h5-9,12,16,19,21-24H,10-11,13-15H2,1-4H3/b17-12-/t19-,21-,22-,23-,24-,25-/m1/s1. The molecule has 0 radical (unpaired) electrons. The van der Waals surface area contributed by atoms with Crippen molar-refractivity contribution in [1.82, 2.24) is 0 Å². The van der Waals surface area contributed by atoms with Crippen LogP contribution in [0.4, 0.5) is 0 Å². The molecule has 2 bridgehead atoms. The number of ether oxygens (including phenoxy) is 2. The lowest BCUT2D eigenvalue weighted by molar-refractivity contribution is -0.155. The molecule has 3 nitrogen and oxygen atoms in total. The van der Waals surface area contributed by atoms with Crippen molar-refractivity contribution in [3.63, 3.8) is 0 Å². The Hall–Kier alpha value is -1.45. The highest BCUT2D eigenvalue weighted by molar-refractivity contribution is 5.83. The first-order chi connectivity index (χ1) is 13.4. The average molecular weight is 383 g/mol. The van der Waals surface area contributed by atoms with Crippen LogP contribution < -0.4 is 0 Å². The minimum absolute atomic E-state index is 0.0141. The van der Waals surface area contributed by atoms with Gasteiger partial charge < -0.3 is 9.47 Å². The fraction of sp³-hybridized carbons (Fsp3) is 0.640. The van der Waals surface area contributed by atoms with Crippen molar-refractivity contribution in [1.29, 1.82) is 0 Å². The summed E-state index contributed by atoms with van der Waals surface area (Å²) < 4.78 is 13.3. The summed E-state index contributed by atoms with van der Waals surface area (Å²) in [5.74, 6) is 1.79. The van der Waals surface area contributed by atoms with E-state index in [-0.39, 0.29) is 24.0 Å². The van der Waals surface area contributed by atoms with E-state index < -0.39 is 5.60 Å². The van der Waals surface area contributed by atoms with Crippen molar-refractivity contribution >= 4 is 5.78 Å². The first-order valence-electron chi connectivity index (χ1n) is 10.9. The van der Waals surface area contributed by atoms with Gasteiger partial charge in [-0.05, 0) is 50.5 Å². The average Bonchev–Trinajstić information content (AvgIpc) is 3.07. The quantitative estimate of drug-likeness (QED) is 0.660. The van der Waals surface area contributed by atoms with Crippen molar-refractivity contribution < 1.29 is 14.3 Å². The molecule has 6 atom stereocenters. The third-order valence-corrected chi connectivity index (χ3v) is 7.32. The van der Waals surface area contributed by atoms with E-state index in [2.05, 4.69) is 58.0 Å². The smallest absolute Gasteiger partial charge is 0.138 e. The molecular weight excluding hydrogens is 348 g/mol. The SMILES string of the molecule is C/C1=C/C[C@@](C)(OCc2ccccc2)[C@@H]2O[C@H](C1)[C@H]1C(=O)CC[C@H](C(C)C)[C@H]12. The van der Waals surface area contributed by atoms with E-state index in [0.717, 1.165) is 19.3 Å². The Morgan fingerprint density at radius 2 is 2.00 bits per heavy atom. The molecule has 1 aliphatic carbocycles. The van der Waals surface area contributed by atoms with E-state index >= 15 is 0 Å². The maximum Gasteiger partial charge on any atom is 0.138 e. The molecule has 2 aliphatic heterocycles. The molecule has 4 rings (SSSR count). The summed E-state index contributed by atoms with van der Waals surface area (Å²) in [6.45, 7) is 9.54. The van der Waals surface area contributed by atoms with Gasteiger partial charge in [-0.25, -0.2) is 0 Å². The summed E-state index contributed by atoms with van der Waals surface area (Å²) in [6, 6.07) is 10.3. The molecule has 1 saturated heterocycles. The van der Waals surface area contributed by atoms with Crippen LogP contribution in [-0.2, 0) is 20.9 Å². The summed E-state index contributed by atoms with van der Waals surface area (Å²) in [5, 5.41) is 0. The highest BCUT2D eigenvalue weighted by atomic mass is 16.6. The van der Waals surface area contributed by atoms with Crippen molar-refractivity contribution in [3.05, 3.63) is 47.5 Å². The Morgan fingerprint density at radius 3 is 2.71 bits per heavy atom. The number of ketones is 1. The molecule has 0 spiro atoms. The van der Waals surface area contributed by atoms with Crippen molar-refractivity contribution in [3.8, 4) is 0 Å². The van der Waals surface area contributed by atoms with Gasteiger partial charge in [-0.3, -0.25) is 4.79 Å². The molecule has 2 fully saturated rings. The zero-order valence-corrected chi connectivity index (χ0v) is 17.7. The van der Waals surface area contributed by atoms with Gasteiger partial charge in [-0.2, -0.15) is 0 Å². The summed E-state index contributed by atoms with van der Waals surface area (Å²) in [7, 11) is 0. The van der Waals surface area contributed by atoms with Crippen LogP contribution in [0.3, 0.4) is 0 Å². The highest BCUT2D eigenvalue weighted by Gasteiger charge is 2.59. The number of hydrogen-bond acceptors (Lipinski definition) is 3. The van der Waals surface area contributed by atoms with Gasteiger partial charge in [0.25, 0.3) is 0 Å². The minimum Gasteiger partial charge on any atom is -0.371 e. The molecule has 1 aromatic carbocycles. The van der Waals surface area contributed by atoms with E-state index in [1.807, 2.05) is 6.07 Å². The van der Waals surface area contributed by atoms with E-state index in [0.29, 0.717) is 30.6 Å². The van der Waals surface area contributed by atoms with Crippen LogP contribution in [0.2, 0.25) is 0 Å². The van der Waals surface area contributed by atoms with Gasteiger partial charge in [0.15, 0.2) is 0 Å². The van der Waals surface area contributed by atoms with Crippen LogP contribution in [0.1, 0.15) is 58.9 Å². The molecular formula is C25H34O3. The molecule has 28 heavy (non-hydrogen) atoms. The Morgan fingerprint density at radius 1 is 1.25 bits per heavy atom. The topological polar surface area (TPSA) is 35.5 Å². The van der Waals surface area contributed by atoms with Crippen LogP contribution in [0.5, 0.6) is 0 Å². The molecule has 0 unspecified atom stereocenters. The third-order valence-electron chi connectivity index (χ3n) is 7.32. The maximum absolute atomic E-state index is 13.0. The van der Waals surface area contributed by atoms with Crippen molar-refractivity contribution in [2.24, 2.45) is 23.7 Å². The van der Waals surface area contributed by atoms with Crippen LogP contribution >= 0.6 is 0 Å². The summed E-state index contributed by atoms with van der Waals surface area (Å²) >= 11 is 0. The minimum atomic E-state index is -0.417. The molecule has 0 aromatic heterocycles. The lowest BCUT2D eigenvalue weighted by Crippen LogP contribution is -2.50. The molecule has 1 saturated carbocycles. The van der Waals surface area contributed by atoms with Gasteiger partial charge >= 0.3 is 0 Å². The van der Waals surface area contributed by atoms with Gasteiger partial charge in [-0.15, -0.1) is 0 Å². The predicted octanol–water partition coefficient (Wildman–Crippen LogP) is 5.34. The maximum atomic E-state index is 13.0. The van der Waals surface area contributed by atoms with Crippen molar-refractivity contribution in [2.45, 2.75) is 77.8 Å². The van der Waals surface area contributed by atoms with Crippen LogP contribution in [-0.4, -0.2) is 23.6 Å². The molecule has 3 aliphatic rings. The van der Waals surface area contributed by atoms with Crippen LogP contribution in [0.25, 0.3) is 0 Å². The monoisotopic (exact) mass is 382 g/mol. The van der Waals surface area contributed by atoms with Gasteiger partial charge in [0, 0.05) is 18.3 Å². The number of carbonyl (C=O) groups is 1. The normalized spacial score (nSPS) is 39.8. The zero-order valence-electron chi connectivity index (χ0n) is 17.7. The number of fused-ring (bicyclic) bond motifs is 5.